The summed E-state index contributed by atoms with van der Waals surface area (Å²) in [6.45, 7) is 2.83. The minimum Gasteiger partial charge on any atom is -0.497 e. The van der Waals surface area contributed by atoms with Gasteiger partial charge in [-0.05, 0) is 31.0 Å². The summed E-state index contributed by atoms with van der Waals surface area (Å²) in [5, 5.41) is 5.71. The second-order valence-corrected chi connectivity index (χ2v) is 4.53. The Bertz CT molecular complexity index is 451. The summed E-state index contributed by atoms with van der Waals surface area (Å²) in [4.78, 5) is 12.0. The maximum Gasteiger partial charge on any atom is 0.241 e. The Balaban J connectivity index is 2.11. The number of carbonyl (C=O) groups excluding carboxylic acids is 1. The maximum atomic E-state index is 13.6. The molecular weight excluding hydrogens is 235 g/mol. The standard InChI is InChI=1S/C13H17FN2O2/c1-8-5-6-15-12(8)13(17)16-11-7-9(18-2)3-4-10(11)14/h3-4,7-8,12,15H,5-6H2,1-2H3,(H,16,17). The predicted molar refractivity (Wildman–Crippen MR) is 67.2 cm³/mol. The normalized spacial score (nSPS) is 22.8. The van der Waals surface area contributed by atoms with Crippen LogP contribution in [0.15, 0.2) is 18.2 Å². The first-order chi connectivity index (χ1) is 8.61. The zero-order valence-corrected chi connectivity index (χ0v) is 10.5. The van der Waals surface area contributed by atoms with E-state index in [4.69, 9.17) is 4.74 Å². The smallest absolute Gasteiger partial charge is 0.241 e. The van der Waals surface area contributed by atoms with Gasteiger partial charge < -0.3 is 15.4 Å². The molecule has 1 aromatic carbocycles. The van der Waals surface area contributed by atoms with Gasteiger partial charge in [-0.3, -0.25) is 4.79 Å². The van der Waals surface area contributed by atoms with Gasteiger partial charge in [0, 0.05) is 6.07 Å². The molecule has 0 aromatic heterocycles. The van der Waals surface area contributed by atoms with E-state index in [1.807, 2.05) is 6.92 Å². The molecule has 2 N–H and O–H groups in total. The lowest BCUT2D eigenvalue weighted by Crippen LogP contribution is -2.39. The van der Waals surface area contributed by atoms with Gasteiger partial charge in [0.2, 0.25) is 5.91 Å². The molecule has 5 heteroatoms. The molecule has 0 radical (unpaired) electrons. The van der Waals surface area contributed by atoms with E-state index in [0.29, 0.717) is 5.75 Å². The van der Waals surface area contributed by atoms with Gasteiger partial charge in [0.15, 0.2) is 0 Å². The topological polar surface area (TPSA) is 50.4 Å². The predicted octanol–water partition coefficient (Wildman–Crippen LogP) is 1.77. The fraction of sp³-hybridized carbons (Fsp3) is 0.462. The maximum absolute atomic E-state index is 13.6. The van der Waals surface area contributed by atoms with Crippen LogP contribution in [-0.4, -0.2) is 25.6 Å². The molecule has 2 atom stereocenters. The average Bonchev–Trinajstić information content (AvgIpc) is 2.78. The fourth-order valence-electron chi connectivity index (χ4n) is 2.12. The van der Waals surface area contributed by atoms with Crippen LogP contribution in [0.25, 0.3) is 0 Å². The third-order valence-electron chi connectivity index (χ3n) is 3.25. The van der Waals surface area contributed by atoms with Crippen LogP contribution in [0.2, 0.25) is 0 Å². The van der Waals surface area contributed by atoms with E-state index in [2.05, 4.69) is 10.6 Å². The van der Waals surface area contributed by atoms with Crippen LogP contribution in [0, 0.1) is 11.7 Å². The van der Waals surface area contributed by atoms with Crippen molar-refractivity contribution < 1.29 is 13.9 Å². The highest BCUT2D eigenvalue weighted by Gasteiger charge is 2.29. The lowest BCUT2D eigenvalue weighted by Gasteiger charge is -2.16. The Labute approximate surface area is 106 Å². The van der Waals surface area contributed by atoms with Crippen molar-refractivity contribution in [3.05, 3.63) is 24.0 Å². The Morgan fingerprint density at radius 2 is 2.33 bits per heavy atom. The summed E-state index contributed by atoms with van der Waals surface area (Å²) >= 11 is 0. The minimum atomic E-state index is -0.463. The number of carbonyl (C=O) groups is 1. The molecule has 1 aromatic rings. The molecule has 0 bridgehead atoms. The molecule has 0 spiro atoms. The lowest BCUT2D eigenvalue weighted by molar-refractivity contribution is -0.118. The molecule has 0 saturated carbocycles. The fourth-order valence-corrected chi connectivity index (χ4v) is 2.12. The van der Waals surface area contributed by atoms with E-state index in [1.54, 1.807) is 0 Å². The Kier molecular flexibility index (Phi) is 3.81. The first-order valence-corrected chi connectivity index (χ1v) is 5.99. The molecule has 98 valence electrons. The lowest BCUT2D eigenvalue weighted by atomic mass is 10.0. The van der Waals surface area contributed by atoms with Crippen LogP contribution in [-0.2, 0) is 4.79 Å². The van der Waals surface area contributed by atoms with Gasteiger partial charge in [0.1, 0.15) is 11.6 Å². The van der Waals surface area contributed by atoms with Gasteiger partial charge in [-0.2, -0.15) is 0 Å². The Morgan fingerprint density at radius 1 is 1.56 bits per heavy atom. The number of halogens is 1. The number of hydrogen-bond donors (Lipinski definition) is 2. The van der Waals surface area contributed by atoms with Crippen molar-refractivity contribution in [2.45, 2.75) is 19.4 Å². The third-order valence-corrected chi connectivity index (χ3v) is 3.25. The molecular formula is C13H17FN2O2. The average molecular weight is 252 g/mol. The Hall–Kier alpha value is -1.62. The highest BCUT2D eigenvalue weighted by molar-refractivity contribution is 5.95. The second-order valence-electron chi connectivity index (χ2n) is 4.53. The molecule has 2 unspecified atom stereocenters. The first-order valence-electron chi connectivity index (χ1n) is 5.99. The number of benzene rings is 1. The van der Waals surface area contributed by atoms with Crippen LogP contribution in [0.3, 0.4) is 0 Å². The number of methoxy groups -OCH3 is 1. The molecule has 0 aliphatic carbocycles. The van der Waals surface area contributed by atoms with E-state index >= 15 is 0 Å². The van der Waals surface area contributed by atoms with Crippen molar-refractivity contribution in [2.75, 3.05) is 19.0 Å². The van der Waals surface area contributed by atoms with Gasteiger partial charge in [0.05, 0.1) is 18.8 Å². The number of amides is 1. The Morgan fingerprint density at radius 3 is 2.94 bits per heavy atom. The van der Waals surface area contributed by atoms with Crippen LogP contribution in [0.4, 0.5) is 10.1 Å². The molecule has 2 rings (SSSR count). The summed E-state index contributed by atoms with van der Waals surface area (Å²) in [6, 6.07) is 4.02. The molecule has 1 amide bonds. The van der Waals surface area contributed by atoms with E-state index in [1.165, 1.54) is 25.3 Å². The molecule has 1 fully saturated rings. The number of anilines is 1. The van der Waals surface area contributed by atoms with Crippen LogP contribution in [0.5, 0.6) is 5.75 Å². The van der Waals surface area contributed by atoms with Gasteiger partial charge in [-0.1, -0.05) is 6.92 Å². The van der Waals surface area contributed by atoms with Crippen molar-refractivity contribution in [3.63, 3.8) is 0 Å². The number of nitrogens with one attached hydrogen (secondary N) is 2. The van der Waals surface area contributed by atoms with E-state index in [9.17, 15) is 9.18 Å². The molecule has 1 aliphatic heterocycles. The minimum absolute atomic E-state index is 0.153. The van der Waals surface area contributed by atoms with Gasteiger partial charge in [-0.15, -0.1) is 0 Å². The highest BCUT2D eigenvalue weighted by Crippen LogP contribution is 2.22. The monoisotopic (exact) mass is 252 g/mol. The van der Waals surface area contributed by atoms with Crippen molar-refractivity contribution in [1.82, 2.24) is 5.32 Å². The first kappa shape index (κ1) is 12.8. The van der Waals surface area contributed by atoms with Gasteiger partial charge in [0.25, 0.3) is 0 Å². The molecule has 4 nitrogen and oxygen atoms in total. The molecule has 1 saturated heterocycles. The van der Waals surface area contributed by atoms with Crippen molar-refractivity contribution in [1.29, 1.82) is 0 Å². The number of rotatable bonds is 3. The highest BCUT2D eigenvalue weighted by atomic mass is 19.1. The molecule has 18 heavy (non-hydrogen) atoms. The van der Waals surface area contributed by atoms with Crippen LogP contribution < -0.4 is 15.4 Å². The zero-order chi connectivity index (χ0) is 13.1. The van der Waals surface area contributed by atoms with Crippen molar-refractivity contribution in [2.24, 2.45) is 5.92 Å². The number of ether oxygens (including phenoxy) is 1. The third kappa shape index (κ3) is 2.61. The van der Waals surface area contributed by atoms with Crippen molar-refractivity contribution in [3.8, 4) is 5.75 Å². The van der Waals surface area contributed by atoms with Gasteiger partial charge >= 0.3 is 0 Å². The summed E-state index contributed by atoms with van der Waals surface area (Å²) in [5.41, 5.74) is 0.153. The zero-order valence-electron chi connectivity index (χ0n) is 10.5. The SMILES string of the molecule is COc1ccc(F)c(NC(=O)C2NCCC2C)c1. The quantitative estimate of drug-likeness (QED) is 0.862. The van der Waals surface area contributed by atoms with E-state index < -0.39 is 5.82 Å². The molecule has 1 heterocycles. The summed E-state index contributed by atoms with van der Waals surface area (Å²) in [6.07, 6.45) is 0.957. The molecule has 1 aliphatic rings. The summed E-state index contributed by atoms with van der Waals surface area (Å²) in [7, 11) is 1.50. The number of hydrogen-bond acceptors (Lipinski definition) is 3. The van der Waals surface area contributed by atoms with Crippen LogP contribution >= 0.6 is 0 Å². The van der Waals surface area contributed by atoms with Crippen molar-refractivity contribution >= 4 is 11.6 Å². The summed E-state index contributed by atoms with van der Waals surface area (Å²) in [5.74, 6) is 0.111. The van der Waals surface area contributed by atoms with E-state index in [-0.39, 0.29) is 23.6 Å². The van der Waals surface area contributed by atoms with Crippen LogP contribution in [0.1, 0.15) is 13.3 Å². The summed E-state index contributed by atoms with van der Waals surface area (Å²) < 4.78 is 18.6. The van der Waals surface area contributed by atoms with E-state index in [0.717, 1.165) is 13.0 Å². The second kappa shape index (κ2) is 5.35. The van der Waals surface area contributed by atoms with Gasteiger partial charge in [-0.25, -0.2) is 4.39 Å². The largest absolute Gasteiger partial charge is 0.497 e.